The number of aryl methyl sites for hydroxylation is 1. The second-order valence-corrected chi connectivity index (χ2v) is 3.47. The van der Waals surface area contributed by atoms with Crippen molar-refractivity contribution < 1.29 is 0 Å². The maximum absolute atomic E-state index is 5.72. The highest BCUT2D eigenvalue weighted by Gasteiger charge is 2.03. The second kappa shape index (κ2) is 3.83. The third-order valence-electron chi connectivity index (χ3n) is 1.66. The van der Waals surface area contributed by atoms with E-state index in [2.05, 4.69) is 27.5 Å². The van der Waals surface area contributed by atoms with Crippen LogP contribution in [0.1, 0.15) is 17.3 Å². The van der Waals surface area contributed by atoms with Crippen molar-refractivity contribution in [3.63, 3.8) is 0 Å². The molecule has 1 aromatic heterocycles. The molecule has 0 aliphatic carbocycles. The molecule has 0 bridgehead atoms. The Hall–Kier alpha value is -0.670. The van der Waals surface area contributed by atoms with Gasteiger partial charge in [0.2, 0.25) is 0 Å². The molecule has 0 aliphatic heterocycles. The van der Waals surface area contributed by atoms with Crippen LogP contribution in [-0.2, 0) is 0 Å². The predicted octanol–water partition coefficient (Wildman–Crippen LogP) is 2.34. The van der Waals surface area contributed by atoms with Gasteiger partial charge in [-0.1, -0.05) is 6.08 Å². The summed E-state index contributed by atoms with van der Waals surface area (Å²) in [5.74, 6) is 0. The molecule has 1 unspecified atom stereocenters. The van der Waals surface area contributed by atoms with Crippen LogP contribution in [0, 0.1) is 6.92 Å². The minimum Gasteiger partial charge on any atom is -0.319 e. The molecule has 0 aliphatic rings. The highest BCUT2D eigenvalue weighted by Crippen LogP contribution is 2.17. The number of nitrogens with two attached hydrogens (primary N) is 1. The van der Waals surface area contributed by atoms with Crippen molar-refractivity contribution in [1.82, 2.24) is 4.98 Å². The Balaban J connectivity index is 3.04. The Morgan fingerprint density at radius 1 is 1.75 bits per heavy atom. The van der Waals surface area contributed by atoms with E-state index in [1.165, 1.54) is 0 Å². The molecule has 1 rings (SSSR count). The normalized spacial score (nSPS) is 12.6. The number of hydrogen-bond donors (Lipinski definition) is 1. The molecular weight excluding hydrogens is 216 g/mol. The van der Waals surface area contributed by atoms with Gasteiger partial charge < -0.3 is 5.73 Å². The third-order valence-corrected chi connectivity index (χ3v) is 2.49. The van der Waals surface area contributed by atoms with Gasteiger partial charge in [-0.3, -0.25) is 4.98 Å². The minimum absolute atomic E-state index is 0.170. The lowest BCUT2D eigenvalue weighted by Gasteiger charge is -2.06. The zero-order valence-corrected chi connectivity index (χ0v) is 8.51. The molecule has 0 fully saturated rings. The fourth-order valence-electron chi connectivity index (χ4n) is 0.864. The van der Waals surface area contributed by atoms with Crippen molar-refractivity contribution in [2.75, 3.05) is 0 Å². The summed E-state index contributed by atoms with van der Waals surface area (Å²) in [5, 5.41) is 0. The Labute approximate surface area is 80.6 Å². The van der Waals surface area contributed by atoms with Crippen molar-refractivity contribution in [3.05, 3.63) is 40.6 Å². The smallest absolute Gasteiger partial charge is 0.0653 e. The van der Waals surface area contributed by atoms with Gasteiger partial charge in [0, 0.05) is 10.7 Å². The lowest BCUT2D eigenvalue weighted by atomic mass is 10.1. The number of pyridine rings is 1. The van der Waals surface area contributed by atoms with Crippen molar-refractivity contribution in [1.29, 1.82) is 0 Å². The summed E-state index contributed by atoms with van der Waals surface area (Å²) in [4.78, 5) is 4.17. The van der Waals surface area contributed by atoms with Crippen LogP contribution < -0.4 is 5.73 Å². The Morgan fingerprint density at radius 3 is 2.92 bits per heavy atom. The first-order valence-corrected chi connectivity index (χ1v) is 4.44. The van der Waals surface area contributed by atoms with Crippen LogP contribution in [0.15, 0.2) is 29.4 Å². The zero-order valence-electron chi connectivity index (χ0n) is 6.92. The van der Waals surface area contributed by atoms with Gasteiger partial charge >= 0.3 is 0 Å². The van der Waals surface area contributed by atoms with Crippen LogP contribution in [0.5, 0.6) is 0 Å². The maximum atomic E-state index is 5.72. The zero-order chi connectivity index (χ0) is 9.14. The van der Waals surface area contributed by atoms with E-state index >= 15 is 0 Å². The van der Waals surface area contributed by atoms with Gasteiger partial charge in [-0.2, -0.15) is 0 Å². The molecule has 0 spiro atoms. The van der Waals surface area contributed by atoms with Crippen molar-refractivity contribution in [2.24, 2.45) is 5.73 Å². The lowest BCUT2D eigenvalue weighted by Crippen LogP contribution is -2.08. The first-order valence-electron chi connectivity index (χ1n) is 3.65. The van der Waals surface area contributed by atoms with Gasteiger partial charge in [-0.05, 0) is 34.5 Å². The summed E-state index contributed by atoms with van der Waals surface area (Å²) in [6, 6.07) is 1.79. The monoisotopic (exact) mass is 226 g/mol. The van der Waals surface area contributed by atoms with E-state index in [-0.39, 0.29) is 6.04 Å². The summed E-state index contributed by atoms with van der Waals surface area (Å²) in [5.41, 5.74) is 7.71. The topological polar surface area (TPSA) is 38.9 Å². The summed E-state index contributed by atoms with van der Waals surface area (Å²) in [6.07, 6.45) is 3.43. The lowest BCUT2D eigenvalue weighted by molar-refractivity contribution is 0.859. The minimum atomic E-state index is -0.170. The Kier molecular flexibility index (Phi) is 3.00. The van der Waals surface area contributed by atoms with E-state index in [4.69, 9.17) is 5.73 Å². The molecule has 0 amide bonds. The van der Waals surface area contributed by atoms with Crippen LogP contribution in [0.2, 0.25) is 0 Å². The van der Waals surface area contributed by atoms with Crippen molar-refractivity contribution in [2.45, 2.75) is 13.0 Å². The first-order chi connectivity index (χ1) is 5.65. The van der Waals surface area contributed by atoms with Gasteiger partial charge in [0.25, 0.3) is 0 Å². The molecular formula is C9H11BrN2. The molecule has 0 saturated carbocycles. The van der Waals surface area contributed by atoms with E-state index in [0.29, 0.717) is 0 Å². The van der Waals surface area contributed by atoms with Crippen molar-refractivity contribution in [3.8, 4) is 0 Å². The van der Waals surface area contributed by atoms with E-state index in [0.717, 1.165) is 15.7 Å². The number of halogens is 1. The second-order valence-electron chi connectivity index (χ2n) is 2.62. The largest absolute Gasteiger partial charge is 0.319 e. The molecule has 1 heterocycles. The Morgan fingerprint density at radius 2 is 2.42 bits per heavy atom. The average molecular weight is 227 g/mol. The molecule has 64 valence electrons. The van der Waals surface area contributed by atoms with Crippen LogP contribution in [-0.4, -0.2) is 4.98 Å². The van der Waals surface area contributed by atoms with Gasteiger partial charge in [-0.25, -0.2) is 0 Å². The molecule has 1 aromatic rings. The molecule has 2 nitrogen and oxygen atoms in total. The molecule has 0 radical (unpaired) electrons. The standard InChI is InChI=1S/C9H11BrN2/c1-3-8(11)9-4-6(2)7(10)5-12-9/h3-5,8H,1,11H2,2H3. The van der Waals surface area contributed by atoms with Crippen molar-refractivity contribution >= 4 is 15.9 Å². The SMILES string of the molecule is C=CC(N)c1cc(C)c(Br)cn1. The van der Waals surface area contributed by atoms with E-state index < -0.39 is 0 Å². The summed E-state index contributed by atoms with van der Waals surface area (Å²) in [7, 11) is 0. The molecule has 0 aromatic carbocycles. The third kappa shape index (κ3) is 1.93. The fraction of sp³-hybridized carbons (Fsp3) is 0.222. The highest BCUT2D eigenvalue weighted by atomic mass is 79.9. The van der Waals surface area contributed by atoms with Crippen LogP contribution >= 0.6 is 15.9 Å². The number of rotatable bonds is 2. The highest BCUT2D eigenvalue weighted by molar-refractivity contribution is 9.10. The molecule has 12 heavy (non-hydrogen) atoms. The van der Waals surface area contributed by atoms with Crippen LogP contribution in [0.3, 0.4) is 0 Å². The Bertz CT molecular complexity index is 297. The molecule has 0 saturated heterocycles. The maximum Gasteiger partial charge on any atom is 0.0653 e. The summed E-state index contributed by atoms with van der Waals surface area (Å²) >= 11 is 3.37. The average Bonchev–Trinajstić information content (AvgIpc) is 2.08. The molecule has 3 heteroatoms. The molecule has 1 atom stereocenters. The fourth-order valence-corrected chi connectivity index (χ4v) is 1.08. The van der Waals surface area contributed by atoms with E-state index in [1.54, 1.807) is 12.3 Å². The number of hydrogen-bond acceptors (Lipinski definition) is 2. The predicted molar refractivity (Wildman–Crippen MR) is 53.8 cm³/mol. The van der Waals surface area contributed by atoms with Gasteiger partial charge in [0.05, 0.1) is 11.7 Å². The molecule has 2 N–H and O–H groups in total. The first kappa shape index (κ1) is 9.42. The van der Waals surface area contributed by atoms with Crippen LogP contribution in [0.25, 0.3) is 0 Å². The van der Waals surface area contributed by atoms with Crippen LogP contribution in [0.4, 0.5) is 0 Å². The quantitative estimate of drug-likeness (QED) is 0.787. The van der Waals surface area contributed by atoms with E-state index in [9.17, 15) is 0 Å². The number of nitrogens with zero attached hydrogens (tertiary/aromatic N) is 1. The van der Waals surface area contributed by atoms with Gasteiger partial charge in [0.15, 0.2) is 0 Å². The summed E-state index contributed by atoms with van der Waals surface area (Å²) in [6.45, 7) is 5.62. The van der Waals surface area contributed by atoms with E-state index in [1.807, 2.05) is 13.0 Å². The summed E-state index contributed by atoms with van der Waals surface area (Å²) < 4.78 is 1.00. The number of aromatic nitrogens is 1. The van der Waals surface area contributed by atoms with Gasteiger partial charge in [-0.15, -0.1) is 6.58 Å². The van der Waals surface area contributed by atoms with Gasteiger partial charge in [0.1, 0.15) is 0 Å².